The van der Waals surface area contributed by atoms with Crippen LogP contribution in [0.5, 0.6) is 0 Å². The van der Waals surface area contributed by atoms with Gasteiger partial charge in [0.05, 0.1) is 6.10 Å². The van der Waals surface area contributed by atoms with E-state index in [4.69, 9.17) is 4.74 Å². The topological polar surface area (TPSA) is 21.3 Å². The summed E-state index contributed by atoms with van der Waals surface area (Å²) in [5, 5.41) is 3.65. The van der Waals surface area contributed by atoms with E-state index in [0.717, 1.165) is 19.1 Å². The minimum absolute atomic E-state index is 0.540. The Morgan fingerprint density at radius 3 is 2.56 bits per heavy atom. The van der Waals surface area contributed by atoms with Gasteiger partial charge in [0, 0.05) is 12.6 Å². The predicted octanol–water partition coefficient (Wildman–Crippen LogP) is 3.11. The van der Waals surface area contributed by atoms with Crippen molar-refractivity contribution >= 4 is 0 Å². The summed E-state index contributed by atoms with van der Waals surface area (Å²) in [5.41, 5.74) is 0. The lowest BCUT2D eigenvalue weighted by molar-refractivity contribution is 0.00295. The summed E-state index contributed by atoms with van der Waals surface area (Å²) in [5.74, 6) is 1.01. The first-order valence-electron chi connectivity index (χ1n) is 7.23. The number of rotatable bonds is 6. The van der Waals surface area contributed by atoms with Crippen molar-refractivity contribution in [3.05, 3.63) is 0 Å². The first-order valence-corrected chi connectivity index (χ1v) is 7.23. The molecule has 2 nitrogen and oxygen atoms in total. The van der Waals surface area contributed by atoms with E-state index in [0.29, 0.717) is 12.1 Å². The summed E-state index contributed by atoms with van der Waals surface area (Å²) in [6.07, 6.45) is 11.5. The van der Waals surface area contributed by atoms with Crippen LogP contribution >= 0.6 is 0 Å². The van der Waals surface area contributed by atoms with E-state index in [1.54, 1.807) is 0 Å². The maximum atomic E-state index is 5.85. The van der Waals surface area contributed by atoms with Gasteiger partial charge in [0.1, 0.15) is 0 Å². The van der Waals surface area contributed by atoms with E-state index in [-0.39, 0.29) is 0 Å². The van der Waals surface area contributed by atoms with E-state index in [9.17, 15) is 0 Å². The third kappa shape index (κ3) is 3.74. The second-order valence-corrected chi connectivity index (χ2v) is 5.51. The molecule has 1 aliphatic carbocycles. The lowest BCUT2D eigenvalue weighted by Crippen LogP contribution is -2.37. The minimum Gasteiger partial charge on any atom is -0.378 e. The molecule has 1 N–H and O–H groups in total. The average molecular weight is 225 g/mol. The van der Waals surface area contributed by atoms with Crippen molar-refractivity contribution in [2.24, 2.45) is 5.92 Å². The summed E-state index contributed by atoms with van der Waals surface area (Å²) in [6, 6.07) is 0.707. The van der Waals surface area contributed by atoms with E-state index >= 15 is 0 Å². The van der Waals surface area contributed by atoms with Crippen molar-refractivity contribution < 1.29 is 4.74 Å². The van der Waals surface area contributed by atoms with E-state index in [1.165, 1.54) is 51.4 Å². The van der Waals surface area contributed by atoms with Crippen LogP contribution < -0.4 is 5.32 Å². The van der Waals surface area contributed by atoms with Crippen molar-refractivity contribution in [2.75, 3.05) is 13.2 Å². The zero-order valence-corrected chi connectivity index (χ0v) is 10.7. The van der Waals surface area contributed by atoms with Crippen LogP contribution in [0.1, 0.15) is 58.3 Å². The lowest BCUT2D eigenvalue weighted by atomic mass is 9.79. The highest BCUT2D eigenvalue weighted by Crippen LogP contribution is 2.32. The second-order valence-electron chi connectivity index (χ2n) is 5.51. The fourth-order valence-corrected chi connectivity index (χ4v) is 2.99. The van der Waals surface area contributed by atoms with Crippen LogP contribution in [0.3, 0.4) is 0 Å². The van der Waals surface area contributed by atoms with Gasteiger partial charge in [-0.1, -0.05) is 26.2 Å². The van der Waals surface area contributed by atoms with Crippen LogP contribution in [0.2, 0.25) is 0 Å². The van der Waals surface area contributed by atoms with E-state index in [2.05, 4.69) is 12.2 Å². The molecule has 1 aliphatic heterocycles. The number of hydrogen-bond donors (Lipinski definition) is 1. The van der Waals surface area contributed by atoms with Crippen molar-refractivity contribution in [1.29, 1.82) is 0 Å². The van der Waals surface area contributed by atoms with Gasteiger partial charge in [0.25, 0.3) is 0 Å². The smallest absolute Gasteiger partial charge is 0.0590 e. The van der Waals surface area contributed by atoms with Crippen LogP contribution in [-0.4, -0.2) is 25.3 Å². The molecule has 2 aliphatic rings. The van der Waals surface area contributed by atoms with Crippen LogP contribution in [0.4, 0.5) is 0 Å². The molecule has 1 saturated carbocycles. The van der Waals surface area contributed by atoms with Crippen LogP contribution in [0.15, 0.2) is 0 Å². The highest BCUT2D eigenvalue weighted by molar-refractivity contribution is 4.80. The molecule has 2 heteroatoms. The molecule has 0 aromatic heterocycles. The van der Waals surface area contributed by atoms with Crippen LogP contribution in [0.25, 0.3) is 0 Å². The van der Waals surface area contributed by atoms with Gasteiger partial charge in [0.15, 0.2) is 0 Å². The average Bonchev–Trinajstić information content (AvgIpc) is 2.25. The van der Waals surface area contributed by atoms with Gasteiger partial charge < -0.3 is 10.1 Å². The molecule has 0 amide bonds. The summed E-state index contributed by atoms with van der Waals surface area (Å²) in [6.45, 7) is 4.31. The largest absolute Gasteiger partial charge is 0.378 e. The lowest BCUT2D eigenvalue weighted by Gasteiger charge is -2.33. The normalized spacial score (nSPS) is 28.7. The SMILES string of the molecule is CCNC(CC1CCC1)CC1CCCCO1. The monoisotopic (exact) mass is 225 g/mol. The Bertz CT molecular complexity index is 185. The molecule has 2 rings (SSSR count). The summed E-state index contributed by atoms with van der Waals surface area (Å²) in [4.78, 5) is 0. The highest BCUT2D eigenvalue weighted by atomic mass is 16.5. The quantitative estimate of drug-likeness (QED) is 0.750. The van der Waals surface area contributed by atoms with E-state index < -0.39 is 0 Å². The molecule has 1 saturated heterocycles. The molecular formula is C14H27NO. The molecule has 0 radical (unpaired) electrons. The molecule has 0 spiro atoms. The third-order valence-corrected chi connectivity index (χ3v) is 4.16. The molecule has 16 heavy (non-hydrogen) atoms. The van der Waals surface area contributed by atoms with Gasteiger partial charge in [0.2, 0.25) is 0 Å². The Hall–Kier alpha value is -0.0800. The van der Waals surface area contributed by atoms with Gasteiger partial charge in [-0.2, -0.15) is 0 Å². The molecule has 0 bridgehead atoms. The highest BCUT2D eigenvalue weighted by Gasteiger charge is 2.24. The molecule has 0 aromatic rings. The Morgan fingerprint density at radius 2 is 2.00 bits per heavy atom. The fraction of sp³-hybridized carbons (Fsp3) is 1.00. The zero-order chi connectivity index (χ0) is 11.2. The second kappa shape index (κ2) is 6.61. The molecule has 2 unspecified atom stereocenters. The Morgan fingerprint density at radius 1 is 1.12 bits per heavy atom. The van der Waals surface area contributed by atoms with Crippen LogP contribution in [-0.2, 0) is 4.74 Å². The fourth-order valence-electron chi connectivity index (χ4n) is 2.99. The molecule has 0 aromatic carbocycles. The third-order valence-electron chi connectivity index (χ3n) is 4.16. The number of hydrogen-bond acceptors (Lipinski definition) is 2. The first-order chi connectivity index (χ1) is 7.88. The van der Waals surface area contributed by atoms with Crippen molar-refractivity contribution in [3.8, 4) is 0 Å². The molecule has 94 valence electrons. The summed E-state index contributed by atoms with van der Waals surface area (Å²) in [7, 11) is 0. The minimum atomic E-state index is 0.540. The standard InChI is InChI=1S/C14H27NO/c1-2-15-13(10-12-6-5-7-12)11-14-8-3-4-9-16-14/h12-15H,2-11H2,1H3. The van der Waals surface area contributed by atoms with Gasteiger partial charge in [-0.15, -0.1) is 0 Å². The Labute approximate surface area is 100 Å². The maximum Gasteiger partial charge on any atom is 0.0590 e. The van der Waals surface area contributed by atoms with Crippen molar-refractivity contribution in [3.63, 3.8) is 0 Å². The Balaban J connectivity index is 1.71. The Kier molecular flexibility index (Phi) is 5.11. The summed E-state index contributed by atoms with van der Waals surface area (Å²) >= 11 is 0. The molecule has 2 atom stereocenters. The molecule has 2 fully saturated rings. The summed E-state index contributed by atoms with van der Waals surface area (Å²) < 4.78 is 5.85. The van der Waals surface area contributed by atoms with E-state index in [1.807, 2.05) is 0 Å². The van der Waals surface area contributed by atoms with Gasteiger partial charge in [-0.3, -0.25) is 0 Å². The predicted molar refractivity (Wildman–Crippen MR) is 67.6 cm³/mol. The molecule has 1 heterocycles. The van der Waals surface area contributed by atoms with Crippen LogP contribution in [0, 0.1) is 5.92 Å². The number of ether oxygens (including phenoxy) is 1. The maximum absolute atomic E-state index is 5.85. The van der Waals surface area contributed by atoms with Crippen molar-refractivity contribution in [2.45, 2.75) is 70.4 Å². The first kappa shape index (κ1) is 12.4. The zero-order valence-electron chi connectivity index (χ0n) is 10.7. The number of nitrogens with one attached hydrogen (secondary N) is 1. The van der Waals surface area contributed by atoms with Gasteiger partial charge >= 0.3 is 0 Å². The molecular weight excluding hydrogens is 198 g/mol. The van der Waals surface area contributed by atoms with Gasteiger partial charge in [-0.05, 0) is 44.6 Å². The van der Waals surface area contributed by atoms with Gasteiger partial charge in [-0.25, -0.2) is 0 Å². The van der Waals surface area contributed by atoms with Crippen molar-refractivity contribution in [1.82, 2.24) is 5.32 Å².